The molecule has 147 heavy (non-hydrogen) atoms. The maximum atomic E-state index is 13.6. The van der Waals surface area contributed by atoms with Gasteiger partial charge in [0.25, 0.3) is 0 Å². The number of nitrogen functional groups attached to an aromatic ring is 1. The molecule has 6 saturated heterocycles. The number of hydrogen-bond acceptors (Lipinski definition) is 53. The Morgan fingerprint density at radius 1 is 0.429 bits per heavy atom. The highest BCUT2D eigenvalue weighted by Gasteiger charge is 2.63. The predicted molar refractivity (Wildman–Crippen MR) is 482 cm³/mol. The highest BCUT2D eigenvalue weighted by atomic mass is 32.3. The normalized spacial score (nSPS) is 29.0. The van der Waals surface area contributed by atoms with E-state index >= 15 is 0 Å². The number of aromatic nitrogens is 1. The minimum absolute atomic E-state index is 0.0246. The number of nitrogens with one attached hydrogen (secondary N) is 3. The van der Waals surface area contributed by atoms with Crippen LogP contribution in [0.3, 0.4) is 0 Å². The largest absolute Gasteiger partial charge is 0.480 e. The Hall–Kier alpha value is -6.35. The van der Waals surface area contributed by atoms with Gasteiger partial charge in [0.15, 0.2) is 61.0 Å². The van der Waals surface area contributed by atoms with Crippen LogP contribution in [-0.2, 0) is 230 Å². The van der Waals surface area contributed by atoms with Crippen LogP contribution in [0.4, 0.5) is 5.13 Å². The van der Waals surface area contributed by atoms with Crippen LogP contribution in [0.2, 0.25) is 0 Å². The Kier molecular flexibility index (Phi) is 51.8. The van der Waals surface area contributed by atoms with Gasteiger partial charge in [-0.15, -0.1) is 11.3 Å². The molecule has 71 heteroatoms. The Balaban J connectivity index is 0.783. The molecule has 25 atom stereocenters. The van der Waals surface area contributed by atoms with E-state index < -0.39 is 260 Å². The molecule has 846 valence electrons. The summed E-state index contributed by atoms with van der Waals surface area (Å²) in [6, 6.07) is 7.23. The third kappa shape index (κ3) is 41.1. The Morgan fingerprint density at radius 3 is 1.18 bits per heavy atom. The van der Waals surface area contributed by atoms with E-state index in [4.69, 9.17) is 147 Å². The van der Waals surface area contributed by atoms with E-state index in [9.17, 15) is 117 Å². The second-order valence-electron chi connectivity index (χ2n) is 31.9. The maximum absolute atomic E-state index is 13.6. The van der Waals surface area contributed by atoms with Gasteiger partial charge in [0.05, 0.1) is 125 Å². The number of carbonyl (C=O) groups excluding carboxylic acids is 2. The summed E-state index contributed by atoms with van der Waals surface area (Å²) in [5, 5.41) is 47.0. The summed E-state index contributed by atoms with van der Waals surface area (Å²) < 4.78 is 380. The summed E-state index contributed by atoms with van der Waals surface area (Å²) in [4.78, 5) is 72.7. The average molecular weight is 2270 g/mol. The first-order chi connectivity index (χ1) is 69.4. The first-order valence-corrected chi connectivity index (χ1v) is 53.2. The number of carbonyl (C=O) groups is 5. The van der Waals surface area contributed by atoms with Gasteiger partial charge in [-0.2, -0.15) is 50.5 Å². The predicted octanol–water partition coefficient (Wildman–Crippen LogP) is -6.32. The smallest absolute Gasteiger partial charge is 0.397 e. The maximum Gasteiger partial charge on any atom is 0.397 e. The van der Waals surface area contributed by atoms with Crippen molar-refractivity contribution in [2.75, 3.05) is 220 Å². The number of aliphatic carboxylic acids is 3. The van der Waals surface area contributed by atoms with Crippen LogP contribution < -0.4 is 21.3 Å². The molecule has 0 spiro atoms. The highest BCUT2D eigenvalue weighted by Crippen LogP contribution is 2.42. The van der Waals surface area contributed by atoms with Gasteiger partial charge in [0, 0.05) is 119 Å². The molecule has 7 heterocycles. The zero-order valence-corrected chi connectivity index (χ0v) is 85.6. The molecule has 64 nitrogen and oxygen atoms in total. The van der Waals surface area contributed by atoms with Crippen molar-refractivity contribution in [3.63, 3.8) is 0 Å². The second-order valence-corrected chi connectivity index (χ2v) is 39.2. The van der Waals surface area contributed by atoms with Crippen LogP contribution in [0, 0.1) is 5.41 Å². The van der Waals surface area contributed by atoms with E-state index in [0.29, 0.717) is 38.0 Å². The fourth-order valence-electron chi connectivity index (χ4n) is 16.0. The van der Waals surface area contributed by atoms with Gasteiger partial charge in [-0.05, 0) is 12.8 Å². The number of amides is 2. The second kappa shape index (κ2) is 60.5. The van der Waals surface area contributed by atoms with Crippen molar-refractivity contribution in [3.05, 3.63) is 35.2 Å². The van der Waals surface area contributed by atoms with E-state index in [2.05, 4.69) is 28.1 Å². The Labute approximate surface area is 847 Å². The standard InChI is InChI=1S/C76H123N7O57S7/c1-110-54-51(125-34-33-123-30-29-121-26-24-119-22-17-80-49(85)39-124-32-31-122-28-27-120-25-23-118-21-16-79-48(84)15-20-83(43-13-18-82(19-14-43)35-50(86)87)76-81-44(40-141-76)41-9-11-42(12-10-41)68(77)78)45(36-126-142(92,93)94)130-72(63(54)114-5)134-58-56(112-3)65(116-7)74(137-61(58)69(88)89)133-53-47(38-128-144(98,99)100)131-75(67(140-147(107,108)109)60(53)138-145(101,102)103)135-59-57(113-4)64(115-6)73(136-62(59)70(90)91)132-52-46(37-127-143(95,96)97)129-71(117-8)66(55(52)111-2)139-146(104,105)106/h9-12,40,43,45-47,51-67,71-75H,13-39H2,1-8H3,(H3,77,78)(H,79,84)(H,80,85)(H,86,87)(H,88,89)(H,90,91)(H,92,93,94)(H,95,96,97)(H,98,99,100)(H,101,102,103)(H,104,105,106)(H,107,108,109)/t45-,46-,47-,51-,52-,53-,54+,55+,56+,57+,58+,59+,60+,61+,62+,63-,64-,65-,66-,67-,71+,72-,73-,74-,75-/m1/s1. The number of ether oxygens (including phenoxy) is 25. The van der Waals surface area contributed by atoms with Gasteiger partial charge in [-0.3, -0.25) is 52.0 Å². The van der Waals surface area contributed by atoms with Crippen LogP contribution >= 0.6 is 11.3 Å². The van der Waals surface area contributed by atoms with Gasteiger partial charge in [-0.1, -0.05) is 24.3 Å². The molecule has 2 amide bonds. The van der Waals surface area contributed by atoms with Gasteiger partial charge in [0.1, 0.15) is 110 Å². The number of amidine groups is 1. The quantitative estimate of drug-likeness (QED) is 0.0127. The molecule has 1 aromatic carbocycles. The van der Waals surface area contributed by atoms with E-state index in [1.807, 2.05) is 22.4 Å². The molecule has 1 aromatic heterocycles. The van der Waals surface area contributed by atoms with Crippen molar-refractivity contribution in [1.29, 1.82) is 5.41 Å². The molecule has 2 aromatic rings. The number of carboxylic acid groups (broad SMARTS) is 3. The van der Waals surface area contributed by atoms with Crippen LogP contribution in [0.1, 0.15) is 24.8 Å². The fourth-order valence-corrected chi connectivity index (χ4v) is 19.3. The summed E-state index contributed by atoms with van der Waals surface area (Å²) >= 11 is 1.45. The molecular weight excluding hydrogens is 2150 g/mol. The third-order valence-corrected chi connectivity index (χ3v) is 25.9. The van der Waals surface area contributed by atoms with Crippen LogP contribution in [-0.4, -0.2) is 513 Å². The number of rotatable bonds is 69. The summed E-state index contributed by atoms with van der Waals surface area (Å²) in [6.07, 6.45) is -54.4. The van der Waals surface area contributed by atoms with Gasteiger partial charge >= 0.3 is 80.3 Å². The SMILES string of the molecule is CO[C@H]1O[C@H](COS(=O)(=O)O)[C@@H](O[C@@H]2O[C@H](C(=O)O)[C@@H](O[C@H]3O[C@H](COS(=O)(=O)O)[C@@H](O[C@@H]4O[C@H](C(=O)O)[C@@H](O[C@H]5O[C@H](COS(=O)(=O)O)[C@@H](OCCOCCOCCOCCNC(=O)COCCOCCOCCOCCNC(=O)CCN(c6nc(-c7ccc(C(=N)N)cc7)cs6)C6CCN(CC(=O)O)CC6)[C@H](OC)[C@H]5OC)[C@H](OC)[C@H]4OC)[C@H](OS(=O)(=O)O)[C@H]3OS(=O)(=O)O)[C@H](OC)[C@H]2OC)[C@H](OC)[C@H]1OS(=O)(=O)O. The number of nitrogens with two attached hydrogens (primary N) is 1. The third-order valence-electron chi connectivity index (χ3n) is 22.3. The highest BCUT2D eigenvalue weighted by molar-refractivity contribution is 7.82. The lowest BCUT2D eigenvalue weighted by atomic mass is 9.94. The molecular formula is C76H123N7O57S7. The Bertz CT molecular complexity index is 5120. The average Bonchev–Trinajstić information content (AvgIpc) is 1.27. The zero-order valence-electron chi connectivity index (χ0n) is 79.9. The number of nitrogens with zero attached hydrogens (tertiary/aromatic N) is 3. The number of carboxylic acids is 3. The van der Waals surface area contributed by atoms with E-state index in [1.54, 1.807) is 12.1 Å². The monoisotopic (exact) mass is 2270 g/mol. The minimum Gasteiger partial charge on any atom is -0.480 e. The van der Waals surface area contributed by atoms with E-state index in [-0.39, 0.29) is 143 Å². The molecule has 6 aliphatic heterocycles. The lowest BCUT2D eigenvalue weighted by molar-refractivity contribution is -0.389. The Morgan fingerprint density at radius 2 is 0.782 bits per heavy atom. The lowest BCUT2D eigenvalue weighted by Gasteiger charge is -2.51. The molecule has 8 rings (SSSR count). The van der Waals surface area contributed by atoms with Gasteiger partial charge in [0.2, 0.25) is 11.8 Å². The summed E-state index contributed by atoms with van der Waals surface area (Å²) in [5.74, 6) is -5.70. The van der Waals surface area contributed by atoms with Crippen molar-refractivity contribution >= 4 is 114 Å². The van der Waals surface area contributed by atoms with E-state index in [0.717, 1.165) is 73.3 Å². The number of likely N-dealkylation sites (tertiary alicyclic amines) is 1. The van der Waals surface area contributed by atoms with Gasteiger partial charge in [-0.25, -0.2) is 39.7 Å². The molecule has 0 bridgehead atoms. The molecule has 0 aliphatic carbocycles. The molecule has 0 saturated carbocycles. The van der Waals surface area contributed by atoms with Crippen molar-refractivity contribution in [1.82, 2.24) is 20.5 Å². The number of benzene rings is 1. The van der Waals surface area contributed by atoms with Gasteiger partial charge < -0.3 is 155 Å². The zero-order chi connectivity index (χ0) is 108. The molecule has 0 unspecified atom stereocenters. The van der Waals surface area contributed by atoms with E-state index in [1.165, 1.54) is 11.3 Å². The van der Waals surface area contributed by atoms with Crippen LogP contribution in [0.15, 0.2) is 29.6 Å². The van der Waals surface area contributed by atoms with Crippen molar-refractivity contribution in [2.24, 2.45) is 5.73 Å². The van der Waals surface area contributed by atoms with Crippen LogP contribution in [0.25, 0.3) is 11.3 Å². The molecule has 6 aliphatic rings. The van der Waals surface area contributed by atoms with Crippen molar-refractivity contribution in [2.45, 2.75) is 179 Å². The number of anilines is 1. The topological polar surface area (TPSA) is 852 Å². The van der Waals surface area contributed by atoms with Crippen LogP contribution in [0.5, 0.6) is 0 Å². The number of thiazole rings is 1. The first-order valence-electron chi connectivity index (χ1n) is 44.2. The van der Waals surface area contributed by atoms with Crippen molar-refractivity contribution in [3.8, 4) is 11.3 Å². The first kappa shape index (κ1) is 126. The minimum atomic E-state index is -6.20. The molecule has 0 radical (unpaired) electrons. The number of piperidine rings is 1. The summed E-state index contributed by atoms with van der Waals surface area (Å²) in [7, 11) is -27.0. The summed E-state index contributed by atoms with van der Waals surface area (Å²) in [6.45, 7) is -1.09. The number of hydrogen-bond donors (Lipinski definition) is 13. The molecule has 14 N–H and O–H groups in total. The number of methoxy groups -OCH3 is 8. The lowest BCUT2D eigenvalue weighted by Crippen LogP contribution is -2.70. The summed E-state index contributed by atoms with van der Waals surface area (Å²) in [5.41, 5.74) is 7.81. The van der Waals surface area contributed by atoms with Crippen molar-refractivity contribution < 1.29 is 261 Å². The molecule has 6 fully saturated rings. The fraction of sp³-hybridized carbons (Fsp3) is 0.803.